The number of nitro groups is 1. The lowest BCUT2D eigenvalue weighted by Gasteiger charge is -2.26. The lowest BCUT2D eigenvalue weighted by molar-refractivity contribution is -0.384. The highest BCUT2D eigenvalue weighted by Gasteiger charge is 2.38. The zero-order chi connectivity index (χ0) is 37.7. The van der Waals surface area contributed by atoms with E-state index in [1.165, 1.54) is 29.2 Å². The number of non-ortho nitro benzene ring substituents is 1. The molecule has 0 fully saturated rings. The molecule has 1 atom stereocenters. The predicted molar refractivity (Wildman–Crippen MR) is 197 cm³/mol. The third kappa shape index (κ3) is 6.76. The SMILES string of the molecule is O=C(COC(CN1C(=O)C=C(Br)C1=O)CN1C(=O)C=C(Br)C1=O)Oc1cc2c(c3ccccc13)[C@H](CCl)CN2C(=O)c1cc2cc([N+](=O)[O-])ccc2[nH]1. The molecule has 3 aliphatic heterocycles. The Labute approximate surface area is 320 Å². The zero-order valence-electron chi connectivity index (χ0n) is 27.0. The number of nitro benzene ring substituents is 1. The quantitative estimate of drug-likeness (QED) is 0.0548. The van der Waals surface area contributed by atoms with Crippen molar-refractivity contribution in [3.8, 4) is 5.75 Å². The molecule has 53 heavy (non-hydrogen) atoms. The lowest BCUT2D eigenvalue weighted by Crippen LogP contribution is -2.46. The summed E-state index contributed by atoms with van der Waals surface area (Å²) in [6.45, 7) is -1.27. The zero-order valence-corrected chi connectivity index (χ0v) is 31.0. The molecule has 3 aliphatic rings. The molecule has 0 spiro atoms. The Hall–Kier alpha value is -5.23. The molecule has 0 unspecified atom stereocenters. The number of amides is 5. The number of halogens is 3. The largest absolute Gasteiger partial charge is 0.424 e. The van der Waals surface area contributed by atoms with Crippen LogP contribution >= 0.6 is 43.5 Å². The third-order valence-corrected chi connectivity index (χ3v) is 10.5. The molecule has 270 valence electrons. The van der Waals surface area contributed by atoms with Gasteiger partial charge in [-0.25, -0.2) is 4.79 Å². The van der Waals surface area contributed by atoms with Crippen molar-refractivity contribution >= 4 is 112 Å². The van der Waals surface area contributed by atoms with Gasteiger partial charge in [0.25, 0.3) is 35.2 Å². The molecular weight excluding hydrogens is 846 g/mol. The lowest BCUT2D eigenvalue weighted by atomic mass is 9.95. The van der Waals surface area contributed by atoms with Crippen LogP contribution in [0.15, 0.2) is 75.7 Å². The van der Waals surface area contributed by atoms with Crippen LogP contribution in [0.4, 0.5) is 11.4 Å². The third-order valence-electron chi connectivity index (χ3n) is 8.97. The number of carbonyl (C=O) groups is 6. The van der Waals surface area contributed by atoms with E-state index in [2.05, 4.69) is 36.8 Å². The number of anilines is 1. The van der Waals surface area contributed by atoms with Gasteiger partial charge < -0.3 is 19.4 Å². The highest BCUT2D eigenvalue weighted by Crippen LogP contribution is 2.46. The molecule has 0 aliphatic carbocycles. The number of carbonyl (C=O) groups excluding carboxylic acids is 6. The van der Waals surface area contributed by atoms with Crippen LogP contribution in [0.25, 0.3) is 21.7 Å². The molecule has 7 rings (SSSR count). The Morgan fingerprint density at radius 3 is 2.17 bits per heavy atom. The monoisotopic (exact) mass is 867 g/mol. The minimum absolute atomic E-state index is 0.0133. The molecule has 15 nitrogen and oxygen atoms in total. The van der Waals surface area contributed by atoms with Gasteiger partial charge in [0.1, 0.15) is 18.1 Å². The molecule has 0 saturated carbocycles. The van der Waals surface area contributed by atoms with E-state index in [1.54, 1.807) is 24.3 Å². The molecule has 4 aromatic rings. The van der Waals surface area contributed by atoms with Gasteiger partial charge in [-0.05, 0) is 54.9 Å². The first kappa shape index (κ1) is 36.1. The first-order valence-electron chi connectivity index (χ1n) is 15.8. The number of H-pyrrole nitrogens is 1. The van der Waals surface area contributed by atoms with Gasteiger partial charge in [-0.3, -0.25) is 43.9 Å². The molecule has 0 bridgehead atoms. The second-order valence-corrected chi connectivity index (χ2v) is 14.2. The van der Waals surface area contributed by atoms with Crippen molar-refractivity contribution in [1.29, 1.82) is 0 Å². The van der Waals surface area contributed by atoms with Gasteiger partial charge in [0.15, 0.2) is 0 Å². The second kappa shape index (κ2) is 14.3. The van der Waals surface area contributed by atoms with Gasteiger partial charge in [0.2, 0.25) is 0 Å². The van der Waals surface area contributed by atoms with Crippen LogP contribution in [0.5, 0.6) is 5.75 Å². The number of aromatic nitrogens is 1. The summed E-state index contributed by atoms with van der Waals surface area (Å²) in [5.74, 6) is -3.94. The molecule has 4 heterocycles. The number of hydrogen-bond acceptors (Lipinski definition) is 10. The van der Waals surface area contributed by atoms with Crippen molar-refractivity contribution < 1.29 is 43.2 Å². The van der Waals surface area contributed by atoms with Crippen LogP contribution in [0, 0.1) is 10.1 Å². The van der Waals surface area contributed by atoms with Gasteiger partial charge in [0, 0.05) is 65.0 Å². The highest BCUT2D eigenvalue weighted by atomic mass is 79.9. The summed E-state index contributed by atoms with van der Waals surface area (Å²) < 4.78 is 11.6. The van der Waals surface area contributed by atoms with Gasteiger partial charge in [-0.1, -0.05) is 24.3 Å². The van der Waals surface area contributed by atoms with Crippen molar-refractivity contribution in [1.82, 2.24) is 14.8 Å². The maximum atomic E-state index is 14.0. The van der Waals surface area contributed by atoms with E-state index in [0.29, 0.717) is 27.4 Å². The van der Waals surface area contributed by atoms with Gasteiger partial charge in [-0.2, -0.15) is 0 Å². The minimum Gasteiger partial charge on any atom is -0.424 e. The number of nitrogens with one attached hydrogen (secondary N) is 1. The van der Waals surface area contributed by atoms with Crippen molar-refractivity contribution in [2.24, 2.45) is 0 Å². The van der Waals surface area contributed by atoms with Gasteiger partial charge in [-0.15, -0.1) is 11.6 Å². The van der Waals surface area contributed by atoms with Crippen molar-refractivity contribution in [3.63, 3.8) is 0 Å². The van der Waals surface area contributed by atoms with E-state index >= 15 is 0 Å². The fourth-order valence-corrected chi connectivity index (χ4v) is 7.59. The smallest absolute Gasteiger partial charge is 0.337 e. The fraction of sp³-hybridized carbons (Fsp3) is 0.200. The average Bonchev–Trinajstić information content (AvgIpc) is 3.86. The summed E-state index contributed by atoms with van der Waals surface area (Å²) in [6, 6.07) is 14.4. The average molecular weight is 870 g/mol. The van der Waals surface area contributed by atoms with E-state index < -0.39 is 53.1 Å². The van der Waals surface area contributed by atoms with E-state index in [4.69, 9.17) is 21.1 Å². The molecule has 5 amide bonds. The normalized spacial score (nSPS) is 17.1. The fourth-order valence-electron chi connectivity index (χ4n) is 6.52. The Morgan fingerprint density at radius 1 is 0.943 bits per heavy atom. The van der Waals surface area contributed by atoms with Crippen LogP contribution in [0.1, 0.15) is 22.0 Å². The molecule has 0 saturated heterocycles. The van der Waals surface area contributed by atoms with Gasteiger partial charge in [0.05, 0.1) is 38.8 Å². The number of alkyl halides is 1. The first-order valence-corrected chi connectivity index (χ1v) is 18.0. The molecule has 1 N–H and O–H groups in total. The summed E-state index contributed by atoms with van der Waals surface area (Å²) in [5.41, 5.74) is 1.80. The number of rotatable bonds is 11. The van der Waals surface area contributed by atoms with Gasteiger partial charge >= 0.3 is 5.97 Å². The number of esters is 1. The topological polar surface area (TPSA) is 190 Å². The number of ether oxygens (including phenoxy) is 2. The number of fused-ring (bicyclic) bond motifs is 4. The Balaban J connectivity index is 1.15. The number of aromatic amines is 1. The molecule has 3 aromatic carbocycles. The Morgan fingerprint density at radius 2 is 1.58 bits per heavy atom. The summed E-state index contributed by atoms with van der Waals surface area (Å²) >= 11 is 12.5. The molecule has 1 aromatic heterocycles. The second-order valence-electron chi connectivity index (χ2n) is 12.2. The maximum absolute atomic E-state index is 14.0. The summed E-state index contributed by atoms with van der Waals surface area (Å²) in [7, 11) is 0. The van der Waals surface area contributed by atoms with E-state index in [1.807, 2.05) is 6.07 Å². The Kier molecular flexibility index (Phi) is 9.75. The molecule has 0 radical (unpaired) electrons. The molecular formula is C35H24Br2ClN5O10. The summed E-state index contributed by atoms with van der Waals surface area (Å²) in [4.78, 5) is 94.5. The van der Waals surface area contributed by atoms with E-state index in [9.17, 15) is 38.9 Å². The Bertz CT molecular complexity index is 2330. The number of hydrogen-bond donors (Lipinski definition) is 1. The van der Waals surface area contributed by atoms with E-state index in [-0.39, 0.29) is 57.5 Å². The van der Waals surface area contributed by atoms with Crippen molar-refractivity contribution in [2.45, 2.75) is 12.0 Å². The van der Waals surface area contributed by atoms with Crippen LogP contribution in [-0.2, 0) is 28.7 Å². The first-order chi connectivity index (χ1) is 25.3. The number of imide groups is 2. The highest BCUT2D eigenvalue weighted by molar-refractivity contribution is 9.12. The maximum Gasteiger partial charge on any atom is 0.337 e. The molecule has 18 heteroatoms. The van der Waals surface area contributed by atoms with Crippen LogP contribution in [0.3, 0.4) is 0 Å². The predicted octanol–water partition coefficient (Wildman–Crippen LogP) is 4.80. The minimum atomic E-state index is -1.17. The number of benzene rings is 3. The summed E-state index contributed by atoms with van der Waals surface area (Å²) in [6.07, 6.45) is 0.975. The summed E-state index contributed by atoms with van der Waals surface area (Å²) in [5, 5.41) is 13.0. The van der Waals surface area contributed by atoms with Crippen LogP contribution < -0.4 is 9.64 Å². The number of nitrogens with zero attached hydrogens (tertiary/aromatic N) is 4. The standard InChI is InChI=1S/C35H24Br2ClN5O10/c36-23-9-29(44)41(33(23)47)14-20(15-42-30(45)10-24(37)34(42)48)52-16-31(46)53-28-11-27-32(22-4-2-1-3-21(22)28)18(12-38)13-40(27)35(49)26-8-17-7-19(43(50)51)5-6-25(17)39-26/h1-11,18,20,39H,12-16H2/t18-/m1/s1. The van der Waals surface area contributed by atoms with E-state index in [0.717, 1.165) is 27.5 Å². The van der Waals surface area contributed by atoms with Crippen molar-refractivity contribution in [3.05, 3.63) is 97.1 Å². The van der Waals surface area contributed by atoms with Crippen LogP contribution in [0.2, 0.25) is 0 Å². The van der Waals surface area contributed by atoms with Crippen LogP contribution in [-0.4, -0.2) is 93.4 Å². The van der Waals surface area contributed by atoms with Crippen molar-refractivity contribution in [2.75, 3.05) is 37.0 Å².